The maximum atomic E-state index is 11.0. The van der Waals surface area contributed by atoms with Crippen molar-refractivity contribution < 1.29 is 19.4 Å². The minimum absolute atomic E-state index is 0.00819. The predicted molar refractivity (Wildman–Crippen MR) is 70.8 cm³/mol. The van der Waals surface area contributed by atoms with Crippen LogP contribution in [0.5, 0.6) is 11.5 Å². The van der Waals surface area contributed by atoms with E-state index in [1.54, 1.807) is 14.2 Å². The molecular formula is C14H19NO4. The quantitative estimate of drug-likeness (QED) is 0.868. The van der Waals surface area contributed by atoms with E-state index in [1.165, 1.54) is 0 Å². The van der Waals surface area contributed by atoms with Crippen molar-refractivity contribution in [1.82, 2.24) is 5.32 Å². The first kappa shape index (κ1) is 13.7. The summed E-state index contributed by atoms with van der Waals surface area (Å²) in [7, 11) is 3.20. The van der Waals surface area contributed by atoms with Gasteiger partial charge in [-0.15, -0.1) is 0 Å². The second-order valence-electron chi connectivity index (χ2n) is 4.76. The largest absolute Gasteiger partial charge is 0.493 e. The Morgan fingerprint density at radius 3 is 2.63 bits per heavy atom. The fourth-order valence-electron chi connectivity index (χ4n) is 2.63. The average Bonchev–Trinajstić information content (AvgIpc) is 2.87. The van der Waals surface area contributed by atoms with Crippen molar-refractivity contribution in [3.63, 3.8) is 0 Å². The zero-order valence-corrected chi connectivity index (χ0v) is 11.4. The lowest BCUT2D eigenvalue weighted by Crippen LogP contribution is -2.18. The van der Waals surface area contributed by atoms with Gasteiger partial charge >= 0.3 is 5.97 Å². The third kappa shape index (κ3) is 2.51. The SMILES string of the molecule is COc1ccc(C)c(C2CC(C(=O)O)CN2)c1OC. The van der Waals surface area contributed by atoms with Gasteiger partial charge in [-0.25, -0.2) is 0 Å². The molecule has 5 nitrogen and oxygen atoms in total. The Bertz CT molecular complexity index is 487. The highest BCUT2D eigenvalue weighted by molar-refractivity contribution is 5.71. The lowest BCUT2D eigenvalue weighted by Gasteiger charge is -2.20. The van der Waals surface area contributed by atoms with E-state index in [2.05, 4.69) is 5.32 Å². The molecule has 1 aliphatic rings. The molecule has 0 radical (unpaired) electrons. The first-order valence-corrected chi connectivity index (χ1v) is 6.26. The maximum absolute atomic E-state index is 11.0. The summed E-state index contributed by atoms with van der Waals surface area (Å²) in [6.45, 7) is 2.48. The van der Waals surface area contributed by atoms with E-state index in [1.807, 2.05) is 19.1 Å². The fraction of sp³-hybridized carbons (Fsp3) is 0.500. The number of aliphatic carboxylic acids is 1. The van der Waals surface area contributed by atoms with Gasteiger partial charge in [0.2, 0.25) is 0 Å². The molecule has 2 atom stereocenters. The molecule has 5 heteroatoms. The minimum Gasteiger partial charge on any atom is -0.493 e. The molecule has 0 saturated carbocycles. The van der Waals surface area contributed by atoms with Crippen LogP contribution in [0, 0.1) is 12.8 Å². The van der Waals surface area contributed by atoms with Crippen LogP contribution in [0.1, 0.15) is 23.6 Å². The molecular weight excluding hydrogens is 246 g/mol. The van der Waals surface area contributed by atoms with Crippen molar-refractivity contribution in [2.45, 2.75) is 19.4 Å². The number of hydrogen-bond donors (Lipinski definition) is 2. The highest BCUT2D eigenvalue weighted by Gasteiger charge is 2.33. The summed E-state index contributed by atoms with van der Waals surface area (Å²) >= 11 is 0. The normalized spacial score (nSPS) is 22.3. The summed E-state index contributed by atoms with van der Waals surface area (Å²) in [5.41, 5.74) is 2.06. The monoisotopic (exact) mass is 265 g/mol. The van der Waals surface area contributed by atoms with E-state index in [9.17, 15) is 4.79 Å². The molecule has 0 bridgehead atoms. The summed E-state index contributed by atoms with van der Waals surface area (Å²) < 4.78 is 10.7. The van der Waals surface area contributed by atoms with Gasteiger partial charge < -0.3 is 19.9 Å². The molecule has 0 aliphatic carbocycles. The van der Waals surface area contributed by atoms with Crippen LogP contribution in [0.4, 0.5) is 0 Å². The van der Waals surface area contributed by atoms with Crippen molar-refractivity contribution in [2.24, 2.45) is 5.92 Å². The smallest absolute Gasteiger partial charge is 0.307 e. The van der Waals surface area contributed by atoms with Crippen molar-refractivity contribution in [2.75, 3.05) is 20.8 Å². The van der Waals surface area contributed by atoms with Gasteiger partial charge in [0, 0.05) is 18.2 Å². The third-order valence-corrected chi connectivity index (χ3v) is 3.63. The number of hydrogen-bond acceptors (Lipinski definition) is 4. The summed E-state index contributed by atoms with van der Waals surface area (Å²) in [4.78, 5) is 11.0. The van der Waals surface area contributed by atoms with Gasteiger partial charge in [0.1, 0.15) is 0 Å². The summed E-state index contributed by atoms with van der Waals surface area (Å²) in [6.07, 6.45) is 0.569. The van der Waals surface area contributed by atoms with Crippen LogP contribution >= 0.6 is 0 Å². The topological polar surface area (TPSA) is 67.8 Å². The molecule has 1 fully saturated rings. The van der Waals surface area contributed by atoms with Crippen LogP contribution in [0.15, 0.2) is 12.1 Å². The molecule has 1 saturated heterocycles. The number of methoxy groups -OCH3 is 2. The molecule has 0 amide bonds. The van der Waals surface area contributed by atoms with Crippen molar-refractivity contribution in [3.05, 3.63) is 23.3 Å². The van der Waals surface area contributed by atoms with E-state index >= 15 is 0 Å². The minimum atomic E-state index is -0.755. The molecule has 1 heterocycles. The van der Waals surface area contributed by atoms with Gasteiger partial charge in [-0.1, -0.05) is 6.07 Å². The van der Waals surface area contributed by atoms with Crippen molar-refractivity contribution in [3.8, 4) is 11.5 Å². The molecule has 2 N–H and O–H groups in total. The number of ether oxygens (including phenoxy) is 2. The van der Waals surface area contributed by atoms with Crippen LogP contribution in [0.3, 0.4) is 0 Å². The van der Waals surface area contributed by atoms with Gasteiger partial charge in [-0.05, 0) is 25.0 Å². The lowest BCUT2D eigenvalue weighted by molar-refractivity contribution is -0.141. The first-order chi connectivity index (χ1) is 9.08. The molecule has 1 aliphatic heterocycles. The van der Waals surface area contributed by atoms with Gasteiger partial charge in [0.15, 0.2) is 11.5 Å². The average molecular weight is 265 g/mol. The van der Waals surface area contributed by atoms with Crippen LogP contribution in [0.2, 0.25) is 0 Å². The van der Waals surface area contributed by atoms with E-state index in [0.29, 0.717) is 24.5 Å². The standard InChI is InChI=1S/C14H19NO4/c1-8-4-5-11(18-2)13(19-3)12(8)10-6-9(7-15-10)14(16)17/h4-5,9-10,15H,6-7H2,1-3H3,(H,16,17). The number of carboxylic acid groups (broad SMARTS) is 1. The second kappa shape index (κ2) is 5.48. The van der Waals surface area contributed by atoms with E-state index < -0.39 is 5.97 Å². The third-order valence-electron chi connectivity index (χ3n) is 3.63. The highest BCUT2D eigenvalue weighted by atomic mass is 16.5. The van der Waals surface area contributed by atoms with Crippen molar-refractivity contribution >= 4 is 5.97 Å². The molecule has 2 rings (SSSR count). The summed E-state index contributed by atoms with van der Waals surface area (Å²) in [5.74, 6) is 0.254. The van der Waals surface area contributed by atoms with Crippen molar-refractivity contribution in [1.29, 1.82) is 0 Å². The Balaban J connectivity index is 2.37. The van der Waals surface area contributed by atoms with Crippen LogP contribution in [-0.2, 0) is 4.79 Å². The van der Waals surface area contributed by atoms with E-state index in [0.717, 1.165) is 11.1 Å². The van der Waals surface area contributed by atoms with Crippen LogP contribution in [0.25, 0.3) is 0 Å². The molecule has 1 aromatic carbocycles. The molecule has 19 heavy (non-hydrogen) atoms. The van der Waals surface area contributed by atoms with E-state index in [-0.39, 0.29) is 12.0 Å². The molecule has 104 valence electrons. The van der Waals surface area contributed by atoms with Gasteiger partial charge in [0.25, 0.3) is 0 Å². The Labute approximate surface area is 112 Å². The predicted octanol–water partition coefficient (Wildman–Crippen LogP) is 1.75. The number of aryl methyl sites for hydroxylation is 1. The van der Waals surface area contributed by atoms with Gasteiger partial charge in [-0.2, -0.15) is 0 Å². The van der Waals surface area contributed by atoms with E-state index in [4.69, 9.17) is 14.6 Å². The number of carbonyl (C=O) groups is 1. The van der Waals surface area contributed by atoms with Crippen LogP contribution < -0.4 is 14.8 Å². The molecule has 0 spiro atoms. The van der Waals surface area contributed by atoms with Crippen LogP contribution in [-0.4, -0.2) is 31.8 Å². The summed E-state index contributed by atoms with van der Waals surface area (Å²) in [6, 6.07) is 3.82. The Kier molecular flexibility index (Phi) is 3.95. The Hall–Kier alpha value is -1.75. The number of nitrogens with one attached hydrogen (secondary N) is 1. The molecule has 2 unspecified atom stereocenters. The zero-order valence-electron chi connectivity index (χ0n) is 11.4. The molecule has 0 aromatic heterocycles. The highest BCUT2D eigenvalue weighted by Crippen LogP contribution is 2.40. The number of benzene rings is 1. The Morgan fingerprint density at radius 2 is 2.11 bits per heavy atom. The summed E-state index contributed by atoms with van der Waals surface area (Å²) in [5, 5.41) is 12.3. The lowest BCUT2D eigenvalue weighted by atomic mass is 9.95. The first-order valence-electron chi connectivity index (χ1n) is 6.26. The van der Waals surface area contributed by atoms with Gasteiger partial charge in [-0.3, -0.25) is 4.79 Å². The second-order valence-corrected chi connectivity index (χ2v) is 4.76. The number of carboxylic acids is 1. The molecule has 1 aromatic rings. The fourth-order valence-corrected chi connectivity index (χ4v) is 2.63. The number of rotatable bonds is 4. The maximum Gasteiger partial charge on any atom is 0.307 e. The Morgan fingerprint density at radius 1 is 1.37 bits per heavy atom. The zero-order chi connectivity index (χ0) is 14.0. The van der Waals surface area contributed by atoms with Gasteiger partial charge in [0.05, 0.1) is 20.1 Å².